The van der Waals surface area contributed by atoms with Crippen LogP contribution in [0.5, 0.6) is 0 Å². The highest BCUT2D eigenvalue weighted by Gasteiger charge is 2.30. The molecular weight excluding hydrogens is 507 g/mol. The SMILES string of the molecule is CCCCCCCCCCCCCCOP(=O)(OCCCCCCCCCCCCCC)OC[N+](C)(C)C#N. The van der Waals surface area contributed by atoms with Gasteiger partial charge < -0.3 is 0 Å². The van der Waals surface area contributed by atoms with Gasteiger partial charge in [0, 0.05) is 0 Å². The Morgan fingerprint density at radius 3 is 1.08 bits per heavy atom. The molecule has 0 unspecified atom stereocenters. The van der Waals surface area contributed by atoms with Gasteiger partial charge in [-0.15, -0.1) is 5.26 Å². The van der Waals surface area contributed by atoms with E-state index < -0.39 is 7.82 Å². The van der Waals surface area contributed by atoms with Crippen LogP contribution in [0.4, 0.5) is 0 Å². The average Bonchev–Trinajstić information content (AvgIpc) is 2.93. The Hall–Kier alpha value is -0.440. The average molecular weight is 574 g/mol. The van der Waals surface area contributed by atoms with E-state index in [-0.39, 0.29) is 11.2 Å². The molecule has 0 spiro atoms. The molecule has 7 heteroatoms. The molecule has 0 atom stereocenters. The van der Waals surface area contributed by atoms with Crippen LogP contribution >= 0.6 is 7.82 Å². The first-order valence-corrected chi connectivity index (χ1v) is 18.1. The third-order valence-corrected chi connectivity index (χ3v) is 8.73. The van der Waals surface area contributed by atoms with Crippen LogP contribution in [-0.4, -0.2) is 38.5 Å². The van der Waals surface area contributed by atoms with Crippen molar-refractivity contribution >= 4 is 7.82 Å². The highest BCUT2D eigenvalue weighted by Crippen LogP contribution is 2.50. The fourth-order valence-corrected chi connectivity index (χ4v) is 5.95. The van der Waals surface area contributed by atoms with E-state index in [0.717, 1.165) is 25.7 Å². The Kier molecular flexibility index (Phi) is 27.4. The Balaban J connectivity index is 3.98. The van der Waals surface area contributed by atoms with Crippen molar-refractivity contribution in [1.82, 2.24) is 0 Å². The summed E-state index contributed by atoms with van der Waals surface area (Å²) in [6.45, 7) is 5.24. The molecule has 39 heavy (non-hydrogen) atoms. The lowest BCUT2D eigenvalue weighted by Crippen LogP contribution is -2.35. The van der Waals surface area contributed by atoms with Crippen molar-refractivity contribution in [3.05, 3.63) is 0 Å². The zero-order valence-electron chi connectivity index (χ0n) is 26.6. The number of hydrogen-bond donors (Lipinski definition) is 0. The van der Waals surface area contributed by atoms with E-state index in [1.54, 1.807) is 14.1 Å². The first kappa shape index (κ1) is 38.6. The Morgan fingerprint density at radius 2 is 0.795 bits per heavy atom. The summed E-state index contributed by atoms with van der Waals surface area (Å²) < 4.78 is 30.0. The maximum Gasteiger partial charge on any atom is 0.479 e. The standard InChI is InChI=1S/C32H66N2O4P/c1-5-7-9-11-13-15-17-19-21-23-25-27-29-36-39(35,38-32-34(3,4)31-33)37-30-28-26-24-22-20-18-16-14-12-10-8-6-2/h5-30,32H2,1-4H3/q+1. The summed E-state index contributed by atoms with van der Waals surface area (Å²) in [7, 11) is -0.242. The van der Waals surface area contributed by atoms with Crippen molar-refractivity contribution in [2.75, 3.05) is 34.0 Å². The lowest BCUT2D eigenvalue weighted by molar-refractivity contribution is -0.842. The molecule has 0 saturated carbocycles. The minimum atomic E-state index is -3.66. The Morgan fingerprint density at radius 1 is 0.513 bits per heavy atom. The van der Waals surface area contributed by atoms with Crippen LogP contribution in [0.2, 0.25) is 0 Å². The molecule has 0 aromatic rings. The van der Waals surface area contributed by atoms with E-state index in [4.69, 9.17) is 13.6 Å². The van der Waals surface area contributed by atoms with Crippen LogP contribution < -0.4 is 0 Å². The lowest BCUT2D eigenvalue weighted by Gasteiger charge is -2.22. The van der Waals surface area contributed by atoms with Gasteiger partial charge in [0.05, 0.1) is 27.3 Å². The van der Waals surface area contributed by atoms with E-state index in [1.807, 2.05) is 0 Å². The van der Waals surface area contributed by atoms with Crippen molar-refractivity contribution in [3.63, 3.8) is 0 Å². The van der Waals surface area contributed by atoms with Gasteiger partial charge in [-0.3, -0.25) is 9.05 Å². The fraction of sp³-hybridized carbons (Fsp3) is 0.969. The summed E-state index contributed by atoms with van der Waals surface area (Å²) in [5.74, 6) is 0. The second-order valence-electron chi connectivity index (χ2n) is 11.9. The van der Waals surface area contributed by atoms with Crippen LogP contribution in [-0.2, 0) is 18.1 Å². The van der Waals surface area contributed by atoms with Crippen LogP contribution in [0.3, 0.4) is 0 Å². The van der Waals surface area contributed by atoms with Crippen molar-refractivity contribution in [2.45, 2.75) is 168 Å². The molecule has 0 rings (SSSR count). The molecule has 0 aromatic carbocycles. The number of phosphoric acid groups is 1. The van der Waals surface area contributed by atoms with Crippen molar-refractivity contribution in [1.29, 1.82) is 5.26 Å². The van der Waals surface area contributed by atoms with Crippen LogP contribution in [0, 0.1) is 11.5 Å². The fourth-order valence-electron chi connectivity index (χ4n) is 4.59. The van der Waals surface area contributed by atoms with Gasteiger partial charge in [-0.2, -0.15) is 0 Å². The summed E-state index contributed by atoms with van der Waals surface area (Å²) in [4.78, 5) is 0. The summed E-state index contributed by atoms with van der Waals surface area (Å²) >= 11 is 0. The highest BCUT2D eigenvalue weighted by molar-refractivity contribution is 7.48. The van der Waals surface area contributed by atoms with Gasteiger partial charge >= 0.3 is 14.0 Å². The quantitative estimate of drug-likeness (QED) is 0.0271. The van der Waals surface area contributed by atoms with Gasteiger partial charge in [0.2, 0.25) is 6.73 Å². The number of nitrogens with zero attached hydrogens (tertiary/aromatic N) is 2. The summed E-state index contributed by atoms with van der Waals surface area (Å²) in [6, 6.07) is 0. The molecular formula is C32H66N2O4P+. The predicted molar refractivity (Wildman–Crippen MR) is 165 cm³/mol. The third kappa shape index (κ3) is 27.5. The van der Waals surface area contributed by atoms with Crippen LogP contribution in [0.25, 0.3) is 0 Å². The lowest BCUT2D eigenvalue weighted by atomic mass is 10.1. The minimum Gasteiger partial charge on any atom is -0.287 e. The van der Waals surface area contributed by atoms with Gasteiger partial charge in [0.25, 0.3) is 0 Å². The van der Waals surface area contributed by atoms with Gasteiger partial charge in [0.15, 0.2) is 0 Å². The second-order valence-corrected chi connectivity index (χ2v) is 13.6. The smallest absolute Gasteiger partial charge is 0.287 e. The van der Waals surface area contributed by atoms with Crippen LogP contribution in [0.1, 0.15) is 168 Å². The predicted octanol–water partition coefficient (Wildman–Crippen LogP) is 11.1. The topological polar surface area (TPSA) is 68.6 Å². The number of nitriles is 1. The van der Waals surface area contributed by atoms with Gasteiger partial charge in [-0.05, 0) is 12.8 Å². The Labute approximate surface area is 243 Å². The molecule has 0 aliphatic carbocycles. The third-order valence-electron chi connectivity index (χ3n) is 7.30. The van der Waals surface area contributed by atoms with E-state index in [2.05, 4.69) is 20.0 Å². The maximum atomic E-state index is 13.2. The summed E-state index contributed by atoms with van der Waals surface area (Å²) in [5, 5.41) is 9.26. The molecule has 0 amide bonds. The molecule has 0 aromatic heterocycles. The Bertz CT molecular complexity index is 575. The monoisotopic (exact) mass is 573 g/mol. The molecule has 0 saturated heterocycles. The number of rotatable bonds is 31. The molecule has 232 valence electrons. The van der Waals surface area contributed by atoms with E-state index in [1.165, 1.54) is 128 Å². The minimum absolute atomic E-state index is 0.0231. The number of phosphoric ester groups is 1. The number of hydrogen-bond acceptors (Lipinski definition) is 5. The molecule has 0 fully saturated rings. The van der Waals surface area contributed by atoms with Crippen LogP contribution in [0.15, 0.2) is 0 Å². The van der Waals surface area contributed by atoms with Gasteiger partial charge in [0.1, 0.15) is 0 Å². The highest BCUT2D eigenvalue weighted by atomic mass is 31.2. The molecule has 0 aliphatic rings. The van der Waals surface area contributed by atoms with Gasteiger partial charge in [-0.1, -0.05) is 155 Å². The van der Waals surface area contributed by atoms with Crippen molar-refractivity contribution in [3.8, 4) is 6.19 Å². The van der Waals surface area contributed by atoms with Crippen molar-refractivity contribution < 1.29 is 22.6 Å². The molecule has 0 bridgehead atoms. The first-order valence-electron chi connectivity index (χ1n) is 16.7. The maximum absolute atomic E-state index is 13.2. The largest absolute Gasteiger partial charge is 0.479 e. The van der Waals surface area contributed by atoms with Gasteiger partial charge in [-0.25, -0.2) is 13.6 Å². The number of quaternary nitrogens is 1. The molecule has 0 aliphatic heterocycles. The number of unbranched alkanes of at least 4 members (excludes halogenated alkanes) is 22. The first-order chi connectivity index (χ1) is 18.9. The van der Waals surface area contributed by atoms with E-state index >= 15 is 0 Å². The van der Waals surface area contributed by atoms with Crippen molar-refractivity contribution in [2.24, 2.45) is 0 Å². The van der Waals surface area contributed by atoms with E-state index in [9.17, 15) is 9.83 Å². The molecule has 6 nitrogen and oxygen atoms in total. The molecule has 0 heterocycles. The van der Waals surface area contributed by atoms with E-state index in [0.29, 0.717) is 13.2 Å². The normalized spacial score (nSPS) is 12.2. The summed E-state index contributed by atoms with van der Waals surface area (Å²) in [5.41, 5.74) is 0. The molecule has 0 radical (unpaired) electrons. The summed E-state index contributed by atoms with van der Waals surface area (Å²) in [6.07, 6.45) is 32.5. The zero-order valence-corrected chi connectivity index (χ0v) is 27.5. The molecule has 0 N–H and O–H groups in total. The second kappa shape index (κ2) is 27.7. The zero-order chi connectivity index (χ0) is 28.9.